The Hall–Kier alpha value is 0.380. The largest absolute Gasteiger partial charge is 1.00 e. The molecule has 0 aliphatic carbocycles. The van der Waals surface area contributed by atoms with Gasteiger partial charge in [0.15, 0.2) is 0 Å². The van der Waals surface area contributed by atoms with Crippen molar-refractivity contribution in [2.45, 2.75) is 73.5 Å². The zero-order valence-corrected chi connectivity index (χ0v) is 19.1. The molecule has 0 radical (unpaired) electrons. The summed E-state index contributed by atoms with van der Waals surface area (Å²) in [5.41, 5.74) is 0.820. The van der Waals surface area contributed by atoms with Crippen LogP contribution in [0.3, 0.4) is 0 Å². The normalized spacial score (nSPS) is 25.0. The Kier molecular flexibility index (Phi) is 8.41. The third kappa shape index (κ3) is 4.26. The van der Waals surface area contributed by atoms with Gasteiger partial charge in [-0.1, -0.05) is 24.2 Å². The number of oxime groups is 2. The van der Waals surface area contributed by atoms with E-state index >= 15 is 0 Å². The quantitative estimate of drug-likeness (QED) is 0.592. The molecule has 0 fully saturated rings. The summed E-state index contributed by atoms with van der Waals surface area (Å²) in [5.74, 6) is 0. The van der Waals surface area contributed by atoms with Gasteiger partial charge < -0.3 is 15.2 Å². The molecule has 0 aromatic rings. The molecule has 5 nitrogen and oxygen atoms in total. The maximum atomic E-state index is 5.26. The first-order valence-electron chi connectivity index (χ1n) is 6.91. The first-order valence-corrected chi connectivity index (χ1v) is 7.70. The van der Waals surface area contributed by atoms with E-state index in [0.717, 1.165) is 10.3 Å². The zero-order chi connectivity index (χ0) is 16.0. The molecule has 0 amide bonds. The van der Waals surface area contributed by atoms with Gasteiger partial charge in [-0.3, -0.25) is 0 Å². The van der Waals surface area contributed by atoms with Crippen LogP contribution in [0.2, 0.25) is 0 Å². The van der Waals surface area contributed by atoms with Crippen molar-refractivity contribution in [1.82, 2.24) is 0 Å². The Morgan fingerprint density at radius 2 is 1.14 bits per heavy atom. The van der Waals surface area contributed by atoms with Gasteiger partial charge >= 0.3 is 29.6 Å². The van der Waals surface area contributed by atoms with Crippen molar-refractivity contribution in [2.24, 2.45) is 21.1 Å². The van der Waals surface area contributed by atoms with Crippen LogP contribution >= 0.6 is 15.9 Å². The van der Waals surface area contributed by atoms with Crippen molar-refractivity contribution in [3.8, 4) is 0 Å². The maximum absolute atomic E-state index is 5.26. The number of halogens is 1. The van der Waals surface area contributed by atoms with Crippen molar-refractivity contribution in [1.29, 1.82) is 0 Å². The third-order valence-corrected chi connectivity index (χ3v) is 6.33. The molecule has 0 unspecified atom stereocenters. The predicted molar refractivity (Wildman–Crippen MR) is 89.3 cm³/mol. The summed E-state index contributed by atoms with van der Waals surface area (Å²) in [6.07, 6.45) is 0. The van der Waals surface area contributed by atoms with Crippen LogP contribution in [0, 0.1) is 10.8 Å². The van der Waals surface area contributed by atoms with Crippen LogP contribution in [0.5, 0.6) is 0 Å². The molecule has 0 bridgehead atoms. The SMILES string of the molecule is CC1(C)ON=C(Br)C1(C)C.CC1=NOC(C)(C)C1(C)C.[Na+].[OH-]. The number of rotatable bonds is 0. The predicted octanol–water partition coefficient (Wildman–Crippen LogP) is 1.55. The van der Waals surface area contributed by atoms with Crippen molar-refractivity contribution >= 4 is 26.3 Å². The Bertz CT molecular complexity index is 416. The molecule has 22 heavy (non-hydrogen) atoms. The molecule has 2 aliphatic rings. The minimum Gasteiger partial charge on any atom is -0.870 e. The summed E-state index contributed by atoms with van der Waals surface area (Å²) >= 11 is 3.36. The maximum Gasteiger partial charge on any atom is 1.00 e. The van der Waals surface area contributed by atoms with Gasteiger partial charge in [0.25, 0.3) is 0 Å². The Labute approximate surface area is 165 Å². The van der Waals surface area contributed by atoms with Crippen LogP contribution in [-0.2, 0) is 9.68 Å². The van der Waals surface area contributed by atoms with Gasteiger partial charge in [-0.2, -0.15) is 0 Å². The molecule has 0 atom stereocenters. The van der Waals surface area contributed by atoms with Crippen LogP contribution in [0.4, 0.5) is 0 Å². The minimum atomic E-state index is -0.189. The average Bonchev–Trinajstić information content (AvgIpc) is 2.60. The Balaban J connectivity index is 0. The standard InChI is InChI=1S/C8H15NO.C7H12BrNO.Na.H2O/c1-6-7(2,3)8(4,5)10-9-6;1-6(2)5(8)9-10-7(6,3)4;;/h1-5H3;1-4H3;;1H2/q;;+1;/p-1. The van der Waals surface area contributed by atoms with E-state index in [0.29, 0.717) is 0 Å². The second-order valence-electron chi connectivity index (χ2n) is 7.51. The van der Waals surface area contributed by atoms with Gasteiger partial charge in [-0.15, -0.1) is 0 Å². The molecule has 2 rings (SSSR count). The van der Waals surface area contributed by atoms with Crippen LogP contribution in [0.15, 0.2) is 10.3 Å². The molecule has 0 aromatic carbocycles. The fourth-order valence-corrected chi connectivity index (χ4v) is 2.03. The summed E-state index contributed by atoms with van der Waals surface area (Å²) in [6.45, 7) is 18.7. The van der Waals surface area contributed by atoms with Crippen LogP contribution < -0.4 is 29.6 Å². The van der Waals surface area contributed by atoms with Crippen molar-refractivity contribution in [3.63, 3.8) is 0 Å². The fourth-order valence-electron chi connectivity index (χ4n) is 1.48. The topological polar surface area (TPSA) is 73.2 Å². The first-order chi connectivity index (χ1) is 8.76. The van der Waals surface area contributed by atoms with E-state index in [1.165, 1.54) is 0 Å². The molecular formula is C15H28BrN2NaO3. The summed E-state index contributed by atoms with van der Waals surface area (Å²) in [7, 11) is 0. The van der Waals surface area contributed by atoms with Gasteiger partial charge in [-0.05, 0) is 64.4 Å². The summed E-state index contributed by atoms with van der Waals surface area (Å²) < 4.78 is 0.894. The van der Waals surface area contributed by atoms with Gasteiger partial charge in [0.1, 0.15) is 15.8 Å². The second kappa shape index (κ2) is 7.51. The van der Waals surface area contributed by atoms with E-state index in [1.54, 1.807) is 0 Å². The van der Waals surface area contributed by atoms with E-state index in [2.05, 4.69) is 67.8 Å². The van der Waals surface area contributed by atoms with Gasteiger partial charge in [0.05, 0.1) is 11.1 Å². The van der Waals surface area contributed by atoms with Gasteiger partial charge in [0.2, 0.25) is 0 Å². The van der Waals surface area contributed by atoms with Crippen LogP contribution in [0.1, 0.15) is 62.3 Å². The number of hydrogen-bond acceptors (Lipinski definition) is 5. The second-order valence-corrected chi connectivity index (χ2v) is 8.26. The fraction of sp³-hybridized carbons (Fsp3) is 0.867. The van der Waals surface area contributed by atoms with Crippen molar-refractivity contribution < 1.29 is 44.7 Å². The molecule has 0 saturated carbocycles. The van der Waals surface area contributed by atoms with E-state index in [-0.39, 0.29) is 57.1 Å². The monoisotopic (exact) mass is 386 g/mol. The molecule has 2 aliphatic heterocycles. The number of nitrogens with zero attached hydrogens (tertiary/aromatic N) is 2. The Morgan fingerprint density at radius 1 is 0.773 bits per heavy atom. The summed E-state index contributed by atoms with van der Waals surface area (Å²) in [5, 5.41) is 7.83. The van der Waals surface area contributed by atoms with E-state index < -0.39 is 0 Å². The zero-order valence-electron chi connectivity index (χ0n) is 15.5. The Morgan fingerprint density at radius 3 is 1.23 bits per heavy atom. The molecule has 124 valence electrons. The molecular weight excluding hydrogens is 359 g/mol. The van der Waals surface area contributed by atoms with Crippen molar-refractivity contribution in [2.75, 3.05) is 0 Å². The average molecular weight is 387 g/mol. The smallest absolute Gasteiger partial charge is 0.870 e. The molecule has 2 heterocycles. The number of hydrogen-bond donors (Lipinski definition) is 0. The molecule has 7 heteroatoms. The minimum absolute atomic E-state index is 0. The molecule has 0 saturated heterocycles. The molecule has 1 N–H and O–H groups in total. The van der Waals surface area contributed by atoms with E-state index in [1.807, 2.05) is 20.8 Å². The van der Waals surface area contributed by atoms with Crippen molar-refractivity contribution in [3.05, 3.63) is 0 Å². The summed E-state index contributed by atoms with van der Waals surface area (Å²) in [4.78, 5) is 10.5. The van der Waals surface area contributed by atoms with E-state index in [9.17, 15) is 0 Å². The third-order valence-electron chi connectivity index (χ3n) is 5.20. The van der Waals surface area contributed by atoms with Gasteiger partial charge in [-0.25, -0.2) is 0 Å². The molecule has 0 spiro atoms. The van der Waals surface area contributed by atoms with E-state index in [4.69, 9.17) is 9.68 Å². The van der Waals surface area contributed by atoms with Gasteiger partial charge in [0, 0.05) is 5.41 Å². The first kappa shape index (κ1) is 24.6. The van der Waals surface area contributed by atoms with Crippen LogP contribution in [-0.4, -0.2) is 27.0 Å². The molecule has 0 aromatic heterocycles. The van der Waals surface area contributed by atoms with Crippen LogP contribution in [0.25, 0.3) is 0 Å². The summed E-state index contributed by atoms with van der Waals surface area (Å²) in [6, 6.07) is 0.